The summed E-state index contributed by atoms with van der Waals surface area (Å²) in [6.45, 7) is 7.86. The third kappa shape index (κ3) is 3.22. The van der Waals surface area contributed by atoms with Crippen molar-refractivity contribution in [3.63, 3.8) is 0 Å². The molecule has 0 radical (unpaired) electrons. The van der Waals surface area contributed by atoms with Gasteiger partial charge in [-0.3, -0.25) is 9.48 Å². The molecule has 0 aromatic carbocycles. The Hall–Kier alpha value is -1.52. The van der Waals surface area contributed by atoms with Crippen LogP contribution in [0.3, 0.4) is 0 Å². The van der Waals surface area contributed by atoms with Crippen molar-refractivity contribution < 1.29 is 4.79 Å². The fraction of sp³-hybridized carbons (Fsp3) is 0.667. The lowest BCUT2D eigenvalue weighted by Gasteiger charge is -2.19. The molecule has 3 N–H and O–H groups in total. The zero-order valence-corrected chi connectivity index (χ0v) is 11.0. The molecule has 1 atom stereocenters. The van der Waals surface area contributed by atoms with Gasteiger partial charge in [0, 0.05) is 17.8 Å². The average Bonchev–Trinajstić information content (AvgIpc) is 2.64. The van der Waals surface area contributed by atoms with Gasteiger partial charge in [-0.05, 0) is 26.7 Å². The van der Waals surface area contributed by atoms with E-state index in [1.165, 1.54) is 0 Å². The third-order valence-corrected chi connectivity index (χ3v) is 3.02. The number of aryl methyl sites for hydroxylation is 1. The van der Waals surface area contributed by atoms with Crippen LogP contribution < -0.4 is 11.1 Å². The smallest absolute Gasteiger partial charge is 0.244 e. The Morgan fingerprint density at radius 1 is 1.53 bits per heavy atom. The van der Waals surface area contributed by atoms with Crippen molar-refractivity contribution in [3.8, 4) is 0 Å². The van der Waals surface area contributed by atoms with Gasteiger partial charge in [0.2, 0.25) is 5.91 Å². The standard InChI is InChI=1S/C12H22N4O/c1-5-10(6-2)14-12(17)9(4)16-8(3)7-11(13)15-16/h7,9-10H,5-6H2,1-4H3,(H2,13,15)(H,14,17). The minimum absolute atomic E-state index is 0.00935. The number of anilines is 1. The molecule has 17 heavy (non-hydrogen) atoms. The Bertz CT molecular complexity index is 382. The molecule has 1 unspecified atom stereocenters. The van der Waals surface area contributed by atoms with Gasteiger partial charge in [0.05, 0.1) is 0 Å². The monoisotopic (exact) mass is 238 g/mol. The number of hydrogen-bond acceptors (Lipinski definition) is 3. The number of nitrogens with one attached hydrogen (secondary N) is 1. The summed E-state index contributed by atoms with van der Waals surface area (Å²) in [4.78, 5) is 12.0. The van der Waals surface area contributed by atoms with Crippen LogP contribution in [-0.4, -0.2) is 21.7 Å². The van der Waals surface area contributed by atoms with Gasteiger partial charge in [-0.1, -0.05) is 13.8 Å². The summed E-state index contributed by atoms with van der Waals surface area (Å²) in [7, 11) is 0. The number of hydrogen-bond donors (Lipinski definition) is 2. The molecule has 0 fully saturated rings. The van der Waals surface area contributed by atoms with Crippen molar-refractivity contribution in [3.05, 3.63) is 11.8 Å². The lowest BCUT2D eigenvalue weighted by molar-refractivity contribution is -0.124. The van der Waals surface area contributed by atoms with Gasteiger partial charge >= 0.3 is 0 Å². The Labute approximate surface area is 102 Å². The summed E-state index contributed by atoms with van der Waals surface area (Å²) in [5.74, 6) is 0.439. The quantitative estimate of drug-likeness (QED) is 0.819. The van der Waals surface area contributed by atoms with E-state index in [-0.39, 0.29) is 18.0 Å². The molecule has 96 valence electrons. The highest BCUT2D eigenvalue weighted by atomic mass is 16.2. The maximum absolute atomic E-state index is 12.0. The van der Waals surface area contributed by atoms with E-state index in [9.17, 15) is 4.79 Å². The average molecular weight is 238 g/mol. The maximum atomic E-state index is 12.0. The number of carbonyl (C=O) groups excluding carboxylic acids is 1. The minimum atomic E-state index is -0.326. The lowest BCUT2D eigenvalue weighted by atomic mass is 10.1. The van der Waals surface area contributed by atoms with Crippen LogP contribution in [0, 0.1) is 6.92 Å². The summed E-state index contributed by atoms with van der Waals surface area (Å²) < 4.78 is 1.66. The van der Waals surface area contributed by atoms with Gasteiger partial charge in [-0.2, -0.15) is 5.10 Å². The van der Waals surface area contributed by atoms with E-state index in [1.54, 1.807) is 10.7 Å². The van der Waals surface area contributed by atoms with Crippen LogP contribution >= 0.6 is 0 Å². The second-order valence-corrected chi connectivity index (χ2v) is 4.35. The normalized spacial score (nSPS) is 12.8. The first-order chi connectivity index (χ1) is 7.99. The van der Waals surface area contributed by atoms with E-state index in [4.69, 9.17) is 5.73 Å². The predicted octanol–water partition coefficient (Wildman–Crippen LogP) is 1.64. The van der Waals surface area contributed by atoms with Crippen LogP contribution in [0.1, 0.15) is 45.3 Å². The van der Waals surface area contributed by atoms with Crippen molar-refractivity contribution in [2.24, 2.45) is 0 Å². The zero-order valence-electron chi connectivity index (χ0n) is 11.0. The van der Waals surface area contributed by atoms with E-state index in [0.717, 1.165) is 18.5 Å². The molecule has 0 aliphatic carbocycles. The van der Waals surface area contributed by atoms with Gasteiger partial charge in [0.15, 0.2) is 0 Å². The van der Waals surface area contributed by atoms with Crippen LogP contribution in [0.25, 0.3) is 0 Å². The summed E-state index contributed by atoms with van der Waals surface area (Å²) >= 11 is 0. The van der Waals surface area contributed by atoms with Crippen LogP contribution in [0.2, 0.25) is 0 Å². The largest absolute Gasteiger partial charge is 0.382 e. The maximum Gasteiger partial charge on any atom is 0.244 e. The van der Waals surface area contributed by atoms with E-state index >= 15 is 0 Å². The summed E-state index contributed by atoms with van der Waals surface area (Å²) in [6, 6.07) is 1.67. The Balaban J connectivity index is 2.73. The van der Waals surface area contributed by atoms with E-state index in [0.29, 0.717) is 5.82 Å². The topological polar surface area (TPSA) is 72.9 Å². The molecule has 1 rings (SSSR count). The van der Waals surface area contributed by atoms with E-state index in [2.05, 4.69) is 24.3 Å². The van der Waals surface area contributed by atoms with Crippen molar-refractivity contribution in [1.82, 2.24) is 15.1 Å². The Morgan fingerprint density at radius 2 is 2.12 bits per heavy atom. The number of nitrogen functional groups attached to an aromatic ring is 1. The first kappa shape index (κ1) is 13.5. The van der Waals surface area contributed by atoms with E-state index in [1.807, 2.05) is 13.8 Å². The fourth-order valence-electron chi connectivity index (χ4n) is 1.83. The number of carbonyl (C=O) groups is 1. The van der Waals surface area contributed by atoms with Crippen molar-refractivity contribution in [1.29, 1.82) is 0 Å². The number of rotatable bonds is 5. The first-order valence-corrected chi connectivity index (χ1v) is 6.11. The zero-order chi connectivity index (χ0) is 13.0. The van der Waals surface area contributed by atoms with Gasteiger partial charge in [-0.15, -0.1) is 0 Å². The predicted molar refractivity (Wildman–Crippen MR) is 68.6 cm³/mol. The number of nitrogens with two attached hydrogens (primary N) is 1. The number of nitrogens with zero attached hydrogens (tertiary/aromatic N) is 2. The minimum Gasteiger partial charge on any atom is -0.382 e. The number of aromatic nitrogens is 2. The summed E-state index contributed by atoms with van der Waals surface area (Å²) in [5, 5.41) is 7.13. The van der Waals surface area contributed by atoms with Crippen LogP contribution in [-0.2, 0) is 4.79 Å². The fourth-order valence-corrected chi connectivity index (χ4v) is 1.83. The molecule has 0 bridgehead atoms. The molecule has 0 saturated heterocycles. The molecule has 1 amide bonds. The molecular formula is C12H22N4O. The Morgan fingerprint density at radius 3 is 2.53 bits per heavy atom. The van der Waals surface area contributed by atoms with E-state index < -0.39 is 0 Å². The highest BCUT2D eigenvalue weighted by molar-refractivity contribution is 5.80. The second-order valence-electron chi connectivity index (χ2n) is 4.35. The van der Waals surface area contributed by atoms with Gasteiger partial charge in [0.1, 0.15) is 11.9 Å². The molecular weight excluding hydrogens is 216 g/mol. The molecule has 1 aromatic rings. The molecule has 0 aliphatic rings. The number of amides is 1. The molecule has 0 saturated carbocycles. The Kier molecular flexibility index (Phi) is 4.54. The first-order valence-electron chi connectivity index (χ1n) is 6.11. The van der Waals surface area contributed by atoms with Crippen LogP contribution in [0.15, 0.2) is 6.07 Å². The van der Waals surface area contributed by atoms with Crippen LogP contribution in [0.4, 0.5) is 5.82 Å². The van der Waals surface area contributed by atoms with Gasteiger partial charge < -0.3 is 11.1 Å². The summed E-state index contributed by atoms with van der Waals surface area (Å²) in [5.41, 5.74) is 6.51. The molecule has 1 aromatic heterocycles. The lowest BCUT2D eigenvalue weighted by Crippen LogP contribution is -2.38. The third-order valence-electron chi connectivity index (χ3n) is 3.02. The summed E-state index contributed by atoms with van der Waals surface area (Å²) in [6.07, 6.45) is 1.88. The van der Waals surface area contributed by atoms with Crippen molar-refractivity contribution >= 4 is 11.7 Å². The molecule has 5 heteroatoms. The van der Waals surface area contributed by atoms with Crippen LogP contribution in [0.5, 0.6) is 0 Å². The highest BCUT2D eigenvalue weighted by Gasteiger charge is 2.19. The molecule has 0 spiro atoms. The van der Waals surface area contributed by atoms with Crippen molar-refractivity contribution in [2.75, 3.05) is 5.73 Å². The highest BCUT2D eigenvalue weighted by Crippen LogP contribution is 2.12. The molecule has 1 heterocycles. The van der Waals surface area contributed by atoms with Gasteiger partial charge in [-0.25, -0.2) is 0 Å². The molecule has 5 nitrogen and oxygen atoms in total. The second kappa shape index (κ2) is 5.70. The van der Waals surface area contributed by atoms with Gasteiger partial charge in [0.25, 0.3) is 0 Å². The van der Waals surface area contributed by atoms with Crippen molar-refractivity contribution in [2.45, 2.75) is 52.6 Å². The molecule has 0 aliphatic heterocycles. The SMILES string of the molecule is CCC(CC)NC(=O)C(C)n1nc(N)cc1C.